The molecule has 2 N–H and O–H groups in total. The van der Waals surface area contributed by atoms with Gasteiger partial charge in [-0.25, -0.2) is 4.98 Å². The lowest BCUT2D eigenvalue weighted by atomic mass is 9.94. The Morgan fingerprint density at radius 1 is 0.775 bits per heavy atom. The van der Waals surface area contributed by atoms with Crippen LogP contribution in [0.1, 0.15) is 11.3 Å². The molecule has 0 unspecified atom stereocenters. The van der Waals surface area contributed by atoms with E-state index in [1.807, 2.05) is 24.3 Å². The number of hydrogen-bond acceptors (Lipinski definition) is 2. The van der Waals surface area contributed by atoms with Gasteiger partial charge in [-0.05, 0) is 63.5 Å². The molecule has 5 heteroatoms. The van der Waals surface area contributed by atoms with Crippen molar-refractivity contribution in [2.45, 2.75) is 6.54 Å². The Morgan fingerprint density at radius 2 is 1.48 bits per heavy atom. The number of nitrogens with one attached hydrogen (secondary N) is 2. The molecule has 1 amide bonds. The molecule has 0 saturated carbocycles. The molecule has 0 spiro atoms. The standard InChI is InChI=1S/C35H24ClN3O/c36-24-16-13-22(14-17-24)15-18-33(40)37-21-25-20-31-29-11-5-6-12-32(29)39-35(31)34(38-25)30-19-23-7-1-2-8-26(23)27-9-3-4-10-28(27)30/h1-20,39H,21H2,(H,37,40)/b18-15+. The number of aromatic amines is 1. The molecular formula is C35H24ClN3O. The summed E-state index contributed by atoms with van der Waals surface area (Å²) in [5.41, 5.74) is 5.66. The number of aromatic nitrogens is 2. The number of carbonyl (C=O) groups is 1. The first-order chi connectivity index (χ1) is 19.6. The van der Waals surface area contributed by atoms with Gasteiger partial charge in [-0.2, -0.15) is 0 Å². The average molecular weight is 538 g/mol. The van der Waals surface area contributed by atoms with Crippen LogP contribution in [0.5, 0.6) is 0 Å². The first-order valence-electron chi connectivity index (χ1n) is 13.2. The quantitative estimate of drug-likeness (QED) is 0.170. The van der Waals surface area contributed by atoms with Gasteiger partial charge >= 0.3 is 0 Å². The molecule has 0 aliphatic rings. The van der Waals surface area contributed by atoms with E-state index in [4.69, 9.17) is 16.6 Å². The van der Waals surface area contributed by atoms with E-state index in [1.165, 1.54) is 16.8 Å². The van der Waals surface area contributed by atoms with Crippen molar-refractivity contribution < 1.29 is 4.79 Å². The summed E-state index contributed by atoms with van der Waals surface area (Å²) in [4.78, 5) is 21.5. The van der Waals surface area contributed by atoms with Crippen molar-refractivity contribution in [2.75, 3.05) is 0 Å². The third-order valence-corrected chi connectivity index (χ3v) is 7.57. The normalized spacial score (nSPS) is 11.7. The molecule has 40 heavy (non-hydrogen) atoms. The highest BCUT2D eigenvalue weighted by molar-refractivity contribution is 6.30. The van der Waals surface area contributed by atoms with Gasteiger partial charge in [0, 0.05) is 33.0 Å². The van der Waals surface area contributed by atoms with Crippen LogP contribution in [0.25, 0.3) is 60.7 Å². The highest BCUT2D eigenvalue weighted by Gasteiger charge is 2.17. The number of pyridine rings is 1. The minimum absolute atomic E-state index is 0.187. The lowest BCUT2D eigenvalue weighted by Crippen LogP contribution is -2.21. The Balaban J connectivity index is 1.34. The van der Waals surface area contributed by atoms with Crippen molar-refractivity contribution in [3.8, 4) is 11.3 Å². The fraction of sp³-hybridized carbons (Fsp3) is 0.0286. The highest BCUT2D eigenvalue weighted by Crippen LogP contribution is 2.38. The molecule has 0 radical (unpaired) electrons. The maximum atomic E-state index is 12.7. The monoisotopic (exact) mass is 537 g/mol. The van der Waals surface area contributed by atoms with Crippen LogP contribution >= 0.6 is 11.6 Å². The zero-order valence-corrected chi connectivity index (χ0v) is 22.2. The molecule has 4 nitrogen and oxygen atoms in total. The van der Waals surface area contributed by atoms with Crippen molar-refractivity contribution in [1.82, 2.24) is 15.3 Å². The maximum Gasteiger partial charge on any atom is 0.244 e. The van der Waals surface area contributed by atoms with E-state index in [0.29, 0.717) is 11.6 Å². The van der Waals surface area contributed by atoms with Crippen LogP contribution in [0.3, 0.4) is 0 Å². The summed E-state index contributed by atoms with van der Waals surface area (Å²) in [5.74, 6) is -0.187. The van der Waals surface area contributed by atoms with Crippen LogP contribution in [0, 0.1) is 0 Å². The zero-order chi connectivity index (χ0) is 27.1. The number of amides is 1. The number of H-pyrrole nitrogens is 1. The lowest BCUT2D eigenvalue weighted by molar-refractivity contribution is -0.116. The Kier molecular flexibility index (Phi) is 6.03. The lowest BCUT2D eigenvalue weighted by Gasteiger charge is -2.13. The number of carbonyl (C=O) groups excluding carboxylic acids is 1. The van der Waals surface area contributed by atoms with Gasteiger partial charge in [0.15, 0.2) is 0 Å². The number of benzene rings is 5. The SMILES string of the molecule is O=C(/C=C/c1ccc(Cl)cc1)NCc1cc2c([nH]c3ccccc32)c(-c2cc3ccccc3c3ccccc23)n1. The Labute approximate surface area is 235 Å². The molecule has 0 aliphatic carbocycles. The molecule has 0 atom stereocenters. The molecule has 0 fully saturated rings. The highest BCUT2D eigenvalue weighted by atomic mass is 35.5. The molecule has 192 valence electrons. The van der Waals surface area contributed by atoms with E-state index in [2.05, 4.69) is 83.1 Å². The van der Waals surface area contributed by atoms with E-state index < -0.39 is 0 Å². The molecule has 0 saturated heterocycles. The Bertz CT molecular complexity index is 2090. The molecule has 5 aromatic carbocycles. The number of hydrogen-bond donors (Lipinski definition) is 2. The largest absolute Gasteiger partial charge is 0.353 e. The van der Waals surface area contributed by atoms with Gasteiger partial charge in [0.1, 0.15) is 0 Å². The van der Waals surface area contributed by atoms with Crippen molar-refractivity contribution in [1.29, 1.82) is 0 Å². The fourth-order valence-electron chi connectivity index (χ4n) is 5.42. The average Bonchev–Trinajstić information content (AvgIpc) is 3.38. The van der Waals surface area contributed by atoms with Gasteiger partial charge < -0.3 is 10.3 Å². The van der Waals surface area contributed by atoms with Gasteiger partial charge in [0.05, 0.1) is 23.4 Å². The Hall–Kier alpha value is -4.93. The third-order valence-electron chi connectivity index (χ3n) is 7.31. The molecular weight excluding hydrogens is 514 g/mol. The maximum absolute atomic E-state index is 12.7. The second kappa shape index (κ2) is 9.99. The van der Waals surface area contributed by atoms with Crippen LogP contribution < -0.4 is 5.32 Å². The molecule has 7 rings (SSSR count). The minimum Gasteiger partial charge on any atom is -0.353 e. The summed E-state index contributed by atoms with van der Waals surface area (Å²) >= 11 is 5.97. The fourth-order valence-corrected chi connectivity index (χ4v) is 5.54. The molecule has 0 aliphatic heterocycles. The first kappa shape index (κ1) is 24.1. The van der Waals surface area contributed by atoms with Gasteiger partial charge in [0.25, 0.3) is 0 Å². The molecule has 0 bridgehead atoms. The summed E-state index contributed by atoms with van der Waals surface area (Å²) in [5, 5.41) is 10.6. The van der Waals surface area contributed by atoms with Crippen LogP contribution in [0.4, 0.5) is 0 Å². The van der Waals surface area contributed by atoms with Crippen molar-refractivity contribution in [2.24, 2.45) is 0 Å². The van der Waals surface area contributed by atoms with Crippen LogP contribution in [-0.4, -0.2) is 15.9 Å². The van der Waals surface area contributed by atoms with Crippen LogP contribution in [0.15, 0.2) is 115 Å². The van der Waals surface area contributed by atoms with Gasteiger partial charge in [-0.15, -0.1) is 0 Å². The van der Waals surface area contributed by atoms with Crippen molar-refractivity contribution in [3.05, 3.63) is 132 Å². The first-order valence-corrected chi connectivity index (χ1v) is 13.5. The zero-order valence-electron chi connectivity index (χ0n) is 21.5. The third kappa shape index (κ3) is 4.39. The smallest absolute Gasteiger partial charge is 0.244 e. The number of fused-ring (bicyclic) bond motifs is 6. The predicted molar refractivity (Wildman–Crippen MR) is 166 cm³/mol. The molecule has 2 heterocycles. The summed E-state index contributed by atoms with van der Waals surface area (Å²) in [6.07, 6.45) is 3.31. The Morgan fingerprint density at radius 3 is 2.30 bits per heavy atom. The van der Waals surface area contributed by atoms with E-state index in [-0.39, 0.29) is 5.91 Å². The number of halogens is 1. The predicted octanol–water partition coefficient (Wildman–Crippen LogP) is 8.67. The number of para-hydroxylation sites is 1. The molecule has 2 aromatic heterocycles. The van der Waals surface area contributed by atoms with Crippen LogP contribution in [0.2, 0.25) is 5.02 Å². The van der Waals surface area contributed by atoms with Gasteiger partial charge in [-0.1, -0.05) is 90.5 Å². The summed E-state index contributed by atoms with van der Waals surface area (Å²) in [6.45, 7) is 0.303. The van der Waals surface area contributed by atoms with Crippen molar-refractivity contribution in [3.63, 3.8) is 0 Å². The van der Waals surface area contributed by atoms with Crippen LogP contribution in [-0.2, 0) is 11.3 Å². The summed E-state index contributed by atoms with van der Waals surface area (Å²) in [6, 6.07) is 36.9. The summed E-state index contributed by atoms with van der Waals surface area (Å²) < 4.78 is 0. The molecule has 7 aromatic rings. The van der Waals surface area contributed by atoms with E-state index >= 15 is 0 Å². The van der Waals surface area contributed by atoms with E-state index in [1.54, 1.807) is 18.2 Å². The summed E-state index contributed by atoms with van der Waals surface area (Å²) in [7, 11) is 0. The number of rotatable bonds is 5. The second-order valence-electron chi connectivity index (χ2n) is 9.85. The van der Waals surface area contributed by atoms with Gasteiger partial charge in [0.2, 0.25) is 5.91 Å². The van der Waals surface area contributed by atoms with Gasteiger partial charge in [-0.3, -0.25) is 4.79 Å². The van der Waals surface area contributed by atoms with E-state index in [9.17, 15) is 4.79 Å². The minimum atomic E-state index is -0.187. The second-order valence-corrected chi connectivity index (χ2v) is 10.3. The van der Waals surface area contributed by atoms with E-state index in [0.717, 1.165) is 55.1 Å². The van der Waals surface area contributed by atoms with Crippen molar-refractivity contribution >= 4 is 66.9 Å². The number of nitrogens with zero attached hydrogens (tertiary/aromatic N) is 1. The topological polar surface area (TPSA) is 57.8 Å².